The first kappa shape index (κ1) is 58.8. The van der Waals surface area contributed by atoms with Crippen molar-refractivity contribution in [3.05, 3.63) is 71.4 Å². The zero-order valence-corrected chi connectivity index (χ0v) is 39.1. The predicted octanol–water partition coefficient (Wildman–Crippen LogP) is 8.47. The highest BCUT2D eigenvalue weighted by atomic mass is 79.9. The third kappa shape index (κ3) is 12.9. The summed E-state index contributed by atoms with van der Waals surface area (Å²) in [5, 5.41) is 14.9. The molecule has 0 spiro atoms. The Hall–Kier alpha value is -4.78. The van der Waals surface area contributed by atoms with Gasteiger partial charge in [-0.3, -0.25) is 19.0 Å². The van der Waals surface area contributed by atoms with Crippen molar-refractivity contribution in [2.45, 2.75) is 109 Å². The van der Waals surface area contributed by atoms with Gasteiger partial charge in [0.05, 0.1) is 36.2 Å². The molecule has 1 aliphatic heterocycles. The standard InChI is InChI=1S/C14H9F8N5O2S.C12H16BF5N2O2.C8H5BrF3N3O2S.CH4/c1-29-4-7-25-27-10(28)8(9(13(17,18)19)24-11(27)30-7)6-2-23-26(3-6)5-12(15,16)14(20,21)22;1-9(2)10(3,4)22-13(21-9)8-5-19-20(6-8)7-11(14,15)12(16,17)18;1-17-2-3-14-15-6(16)4(9)5(8(10,11)12)13-7(15)18-3;/h2-3H,4-5H2,1H3;5-6H,7H2,1-4H3;2H2,1H3;1H4. The molecule has 1 saturated heterocycles. The van der Waals surface area contributed by atoms with Crippen LogP contribution in [0, 0.1) is 0 Å². The third-order valence-corrected chi connectivity index (χ3v) is 12.1. The summed E-state index contributed by atoms with van der Waals surface area (Å²) in [5.74, 6) is -10.0. The minimum absolute atomic E-state index is 0. The van der Waals surface area contributed by atoms with E-state index in [2.05, 4.69) is 46.3 Å². The lowest BCUT2D eigenvalue weighted by molar-refractivity contribution is -0.287. The molecule has 394 valence electrons. The van der Waals surface area contributed by atoms with Crippen LogP contribution in [0.1, 0.15) is 56.5 Å². The minimum atomic E-state index is -5.89. The van der Waals surface area contributed by atoms with Gasteiger partial charge in [-0.15, -0.1) is 0 Å². The fraction of sp³-hybridized carbons (Fsp3) is 0.543. The number of hydrogen-bond acceptors (Lipinski definition) is 14. The molecule has 6 aromatic heterocycles. The maximum absolute atomic E-state index is 13.5. The van der Waals surface area contributed by atoms with Gasteiger partial charge in [0.15, 0.2) is 11.4 Å². The topological polar surface area (TPSA) is 167 Å². The molecule has 16 nitrogen and oxygen atoms in total. The number of hydrogen-bond donors (Lipinski definition) is 0. The van der Waals surface area contributed by atoms with E-state index in [0.29, 0.717) is 37.9 Å². The van der Waals surface area contributed by atoms with Gasteiger partial charge in [0.2, 0.25) is 9.92 Å². The molecule has 71 heavy (non-hydrogen) atoms. The van der Waals surface area contributed by atoms with Crippen molar-refractivity contribution in [3.63, 3.8) is 0 Å². The van der Waals surface area contributed by atoms with Crippen molar-refractivity contribution in [2.75, 3.05) is 14.2 Å². The number of fused-ring (bicyclic) bond motifs is 2. The largest absolute Gasteiger partial charge is 0.498 e. The average Bonchev–Trinajstić information content (AvgIpc) is 4.04. The number of ether oxygens (including phenoxy) is 2. The molecule has 0 N–H and O–H groups in total. The molecule has 7 heterocycles. The van der Waals surface area contributed by atoms with E-state index in [-0.39, 0.29) is 40.8 Å². The lowest BCUT2D eigenvalue weighted by Crippen LogP contribution is -2.41. The van der Waals surface area contributed by atoms with Gasteiger partial charge in [0.1, 0.15) is 27.6 Å². The zero-order chi connectivity index (χ0) is 53.0. The second-order valence-electron chi connectivity index (χ2n) is 15.4. The molecule has 0 aliphatic carbocycles. The van der Waals surface area contributed by atoms with Crippen molar-refractivity contribution < 1.29 is 89.0 Å². The van der Waals surface area contributed by atoms with Crippen LogP contribution in [0.25, 0.3) is 21.0 Å². The highest BCUT2D eigenvalue weighted by Gasteiger charge is 2.59. The van der Waals surface area contributed by atoms with Gasteiger partial charge < -0.3 is 18.8 Å². The molecular formula is C35H34BBrF16N10O6S2. The van der Waals surface area contributed by atoms with Gasteiger partial charge in [-0.05, 0) is 43.6 Å². The van der Waals surface area contributed by atoms with Crippen molar-refractivity contribution >= 4 is 61.1 Å². The van der Waals surface area contributed by atoms with Crippen LogP contribution in [0.15, 0.2) is 38.8 Å². The fourth-order valence-electron chi connectivity index (χ4n) is 5.50. The summed E-state index contributed by atoms with van der Waals surface area (Å²) in [5.41, 5.74) is -7.83. The van der Waals surface area contributed by atoms with Gasteiger partial charge in [0, 0.05) is 43.8 Å². The van der Waals surface area contributed by atoms with Crippen LogP contribution in [-0.4, -0.2) is 105 Å². The highest BCUT2D eigenvalue weighted by molar-refractivity contribution is 9.10. The molecule has 0 bridgehead atoms. The summed E-state index contributed by atoms with van der Waals surface area (Å²) < 4.78 is 227. The van der Waals surface area contributed by atoms with E-state index in [4.69, 9.17) is 18.8 Å². The molecule has 36 heteroatoms. The van der Waals surface area contributed by atoms with Gasteiger partial charge in [-0.1, -0.05) is 30.1 Å². The predicted molar refractivity (Wildman–Crippen MR) is 221 cm³/mol. The van der Waals surface area contributed by atoms with Crippen LogP contribution in [0.4, 0.5) is 70.2 Å². The first-order valence-corrected chi connectivity index (χ1v) is 21.2. The monoisotopic (exact) mass is 1150 g/mol. The summed E-state index contributed by atoms with van der Waals surface area (Å²) >= 11 is 4.13. The number of nitrogens with zero attached hydrogens (tertiary/aromatic N) is 10. The third-order valence-electron chi connectivity index (χ3n) is 9.57. The number of aromatic nitrogens is 10. The smallest absolute Gasteiger partial charge is 0.399 e. The molecule has 6 aromatic rings. The van der Waals surface area contributed by atoms with Gasteiger partial charge in [-0.2, -0.15) is 99.7 Å². The molecule has 7 rings (SSSR count). The van der Waals surface area contributed by atoms with E-state index in [1.54, 1.807) is 27.7 Å². The lowest BCUT2D eigenvalue weighted by atomic mass is 9.82. The van der Waals surface area contributed by atoms with Crippen LogP contribution in [0.3, 0.4) is 0 Å². The van der Waals surface area contributed by atoms with E-state index in [1.165, 1.54) is 14.2 Å². The number of rotatable bonds is 10. The van der Waals surface area contributed by atoms with Gasteiger partial charge in [0.25, 0.3) is 11.1 Å². The van der Waals surface area contributed by atoms with Gasteiger partial charge in [-0.25, -0.2) is 9.97 Å². The molecule has 0 saturated carbocycles. The Bertz CT molecular complexity index is 2930. The van der Waals surface area contributed by atoms with Crippen LogP contribution in [0.5, 0.6) is 0 Å². The maximum atomic E-state index is 13.5. The van der Waals surface area contributed by atoms with Crippen LogP contribution >= 0.6 is 38.6 Å². The fourth-order valence-corrected chi connectivity index (χ4v) is 7.69. The minimum Gasteiger partial charge on any atom is -0.399 e. The van der Waals surface area contributed by atoms with E-state index >= 15 is 0 Å². The lowest BCUT2D eigenvalue weighted by Gasteiger charge is -2.32. The Balaban J connectivity index is 0.000000238. The summed E-state index contributed by atoms with van der Waals surface area (Å²) in [6.45, 7) is 3.62. The van der Waals surface area contributed by atoms with Gasteiger partial charge >= 0.3 is 43.7 Å². The summed E-state index contributed by atoms with van der Waals surface area (Å²) in [4.78, 5) is 30.6. The Kier molecular flexibility index (Phi) is 17.1. The first-order chi connectivity index (χ1) is 31.8. The second kappa shape index (κ2) is 20.6. The molecule has 0 aromatic carbocycles. The van der Waals surface area contributed by atoms with E-state index < -0.39 is 111 Å². The maximum Gasteiger partial charge on any atom is 0.498 e. The molecule has 1 fully saturated rings. The quantitative estimate of drug-likeness (QED) is 0.0950. The summed E-state index contributed by atoms with van der Waals surface area (Å²) in [6.07, 6.45) is -18.1. The van der Waals surface area contributed by atoms with Crippen molar-refractivity contribution in [2.24, 2.45) is 0 Å². The molecular weight excluding hydrogens is 1120 g/mol. The van der Waals surface area contributed by atoms with Crippen LogP contribution in [-0.2, 0) is 57.4 Å². The van der Waals surface area contributed by atoms with Crippen molar-refractivity contribution in [3.8, 4) is 11.1 Å². The van der Waals surface area contributed by atoms with E-state index in [1.807, 2.05) is 0 Å². The van der Waals surface area contributed by atoms with Crippen molar-refractivity contribution in [1.82, 2.24) is 48.8 Å². The molecule has 0 unspecified atom stereocenters. The molecule has 0 atom stereocenters. The average molecular weight is 1150 g/mol. The summed E-state index contributed by atoms with van der Waals surface area (Å²) in [7, 11) is 1.84. The zero-order valence-electron chi connectivity index (χ0n) is 35.9. The summed E-state index contributed by atoms with van der Waals surface area (Å²) in [6, 6.07) is 0. The second-order valence-corrected chi connectivity index (χ2v) is 18.2. The molecule has 1 aliphatic rings. The Morgan fingerprint density at radius 3 is 1.48 bits per heavy atom. The SMILES string of the molecule is C.CC1(C)OB(c2cnn(CC(F)(F)C(F)(F)F)c2)OC1(C)C.COCc1nn2c(=O)c(-c3cnn(CC(F)(F)C(F)(F)F)c3)c(C(F)(F)F)nc2s1.COCc1nn2c(=O)c(Br)c(C(F)(F)F)nc2s1. The Morgan fingerprint density at radius 1 is 0.648 bits per heavy atom. The highest BCUT2D eigenvalue weighted by Crippen LogP contribution is 2.40. The van der Waals surface area contributed by atoms with Crippen LogP contribution in [0.2, 0.25) is 0 Å². The molecule has 0 radical (unpaired) electrons. The Labute approximate surface area is 403 Å². The van der Waals surface area contributed by atoms with Crippen molar-refractivity contribution in [1.29, 1.82) is 0 Å². The first-order valence-electron chi connectivity index (χ1n) is 18.8. The Morgan fingerprint density at radius 2 is 1.06 bits per heavy atom. The number of alkyl halides is 16. The number of methoxy groups -OCH3 is 2. The normalized spacial score (nSPS) is 15.4. The van der Waals surface area contributed by atoms with Crippen LogP contribution < -0.4 is 16.6 Å². The van der Waals surface area contributed by atoms with E-state index in [9.17, 15) is 79.8 Å². The number of halogens is 17. The van der Waals surface area contributed by atoms with E-state index in [0.717, 1.165) is 28.2 Å². The molecule has 0 amide bonds.